The van der Waals surface area contributed by atoms with Gasteiger partial charge in [-0.3, -0.25) is 9.59 Å². The van der Waals surface area contributed by atoms with Gasteiger partial charge in [-0.25, -0.2) is 8.78 Å². The number of likely N-dealkylation sites (tertiary alicyclic amines) is 1. The van der Waals surface area contributed by atoms with Gasteiger partial charge in [0.15, 0.2) is 11.6 Å². The Morgan fingerprint density at radius 1 is 1.25 bits per heavy atom. The number of halogens is 2. The number of hydrogen-bond donors (Lipinski definition) is 3. The van der Waals surface area contributed by atoms with Crippen molar-refractivity contribution in [2.45, 2.75) is 25.4 Å². The van der Waals surface area contributed by atoms with Crippen molar-refractivity contribution in [1.29, 1.82) is 0 Å². The number of amides is 2. The fraction of sp³-hybridized carbons (Fsp3) is 0.500. The Labute approximate surface area is 138 Å². The molecular weight excluding hydrogens is 320 g/mol. The van der Waals surface area contributed by atoms with E-state index < -0.39 is 23.4 Å². The summed E-state index contributed by atoms with van der Waals surface area (Å²) in [6.07, 6.45) is 2.12. The molecule has 0 bridgehead atoms. The first-order valence-electron chi connectivity index (χ1n) is 7.90. The zero-order chi connectivity index (χ0) is 17.5. The van der Waals surface area contributed by atoms with Crippen molar-refractivity contribution >= 4 is 17.5 Å². The van der Waals surface area contributed by atoms with Gasteiger partial charge in [0.1, 0.15) is 0 Å². The summed E-state index contributed by atoms with van der Waals surface area (Å²) in [5.74, 6) is -3.90. The van der Waals surface area contributed by atoms with Crippen LogP contribution in [0.25, 0.3) is 0 Å². The Morgan fingerprint density at radius 3 is 2.75 bits per heavy atom. The topological polar surface area (TPSA) is 81.7 Å². The van der Waals surface area contributed by atoms with Gasteiger partial charge in [0, 0.05) is 24.8 Å². The van der Waals surface area contributed by atoms with E-state index >= 15 is 0 Å². The number of β-amino-alcohol motifs (C(OH)–C–C–N with tert-alkyl or cyclic N) is 1. The Bertz CT molecular complexity index is 598. The van der Waals surface area contributed by atoms with Crippen LogP contribution < -0.4 is 10.6 Å². The molecule has 0 radical (unpaired) electrons. The SMILES string of the molecule is O=C(NCCCN1CCCC(O)C1)C(=O)Nc1ccc(F)c(F)c1. The van der Waals surface area contributed by atoms with Crippen molar-refractivity contribution in [3.63, 3.8) is 0 Å². The second-order valence-corrected chi connectivity index (χ2v) is 5.79. The fourth-order valence-corrected chi connectivity index (χ4v) is 2.58. The molecule has 1 saturated heterocycles. The van der Waals surface area contributed by atoms with Crippen LogP contribution in [0, 0.1) is 11.6 Å². The minimum absolute atomic E-state index is 0.0105. The maximum Gasteiger partial charge on any atom is 0.313 e. The molecule has 1 aromatic rings. The zero-order valence-electron chi connectivity index (χ0n) is 13.2. The van der Waals surface area contributed by atoms with Crippen molar-refractivity contribution in [1.82, 2.24) is 10.2 Å². The number of aliphatic hydroxyl groups excluding tert-OH is 1. The van der Waals surface area contributed by atoms with Gasteiger partial charge in [0.05, 0.1) is 6.10 Å². The van der Waals surface area contributed by atoms with Crippen LogP contribution in [0.4, 0.5) is 14.5 Å². The van der Waals surface area contributed by atoms with Gasteiger partial charge in [-0.2, -0.15) is 0 Å². The summed E-state index contributed by atoms with van der Waals surface area (Å²) in [7, 11) is 0. The molecule has 1 aliphatic rings. The Morgan fingerprint density at radius 2 is 2.04 bits per heavy atom. The number of nitrogens with one attached hydrogen (secondary N) is 2. The molecule has 3 N–H and O–H groups in total. The van der Waals surface area contributed by atoms with Gasteiger partial charge >= 0.3 is 11.8 Å². The first-order chi connectivity index (χ1) is 11.5. The van der Waals surface area contributed by atoms with E-state index in [0.29, 0.717) is 19.5 Å². The lowest BCUT2D eigenvalue weighted by Gasteiger charge is -2.29. The molecule has 1 unspecified atom stereocenters. The fourth-order valence-electron chi connectivity index (χ4n) is 2.58. The van der Waals surface area contributed by atoms with Crippen LogP contribution in [0.15, 0.2) is 18.2 Å². The van der Waals surface area contributed by atoms with Crippen LogP contribution in [0.5, 0.6) is 0 Å². The van der Waals surface area contributed by atoms with E-state index in [1.54, 1.807) is 0 Å². The number of aliphatic hydroxyl groups is 1. The lowest BCUT2D eigenvalue weighted by molar-refractivity contribution is -0.136. The largest absolute Gasteiger partial charge is 0.392 e. The Kier molecular flexibility index (Phi) is 6.62. The van der Waals surface area contributed by atoms with Gasteiger partial charge in [0.25, 0.3) is 0 Å². The molecular formula is C16H21F2N3O3. The highest BCUT2D eigenvalue weighted by molar-refractivity contribution is 6.39. The maximum atomic E-state index is 13.0. The third-order valence-electron chi connectivity index (χ3n) is 3.80. The highest BCUT2D eigenvalue weighted by atomic mass is 19.2. The maximum absolute atomic E-state index is 13.0. The van der Waals surface area contributed by atoms with E-state index in [0.717, 1.165) is 38.1 Å². The van der Waals surface area contributed by atoms with Crippen LogP contribution in [-0.4, -0.2) is 54.1 Å². The number of benzene rings is 1. The van der Waals surface area contributed by atoms with Gasteiger partial charge in [-0.15, -0.1) is 0 Å². The summed E-state index contributed by atoms with van der Waals surface area (Å²) in [4.78, 5) is 25.4. The summed E-state index contributed by atoms with van der Waals surface area (Å²) >= 11 is 0. The van der Waals surface area contributed by atoms with E-state index in [1.165, 1.54) is 6.07 Å². The monoisotopic (exact) mass is 341 g/mol. The highest BCUT2D eigenvalue weighted by Crippen LogP contribution is 2.13. The molecule has 0 spiro atoms. The lowest BCUT2D eigenvalue weighted by Crippen LogP contribution is -2.40. The molecule has 1 aromatic carbocycles. The molecule has 132 valence electrons. The van der Waals surface area contributed by atoms with Gasteiger partial charge in [-0.05, 0) is 44.5 Å². The third kappa shape index (κ3) is 5.54. The number of hydrogen-bond acceptors (Lipinski definition) is 4. The summed E-state index contributed by atoms with van der Waals surface area (Å²) in [6.45, 7) is 2.59. The van der Waals surface area contributed by atoms with E-state index in [2.05, 4.69) is 15.5 Å². The molecule has 1 atom stereocenters. The molecule has 0 aliphatic carbocycles. The van der Waals surface area contributed by atoms with Crippen LogP contribution >= 0.6 is 0 Å². The first kappa shape index (κ1) is 18.3. The summed E-state index contributed by atoms with van der Waals surface area (Å²) in [5, 5.41) is 14.2. The first-order valence-corrected chi connectivity index (χ1v) is 7.90. The van der Waals surface area contributed by atoms with Crippen LogP contribution in [0.3, 0.4) is 0 Å². The smallest absolute Gasteiger partial charge is 0.313 e. The Hall–Kier alpha value is -2.06. The molecule has 8 heteroatoms. The quantitative estimate of drug-likeness (QED) is 0.548. The molecule has 1 heterocycles. The lowest BCUT2D eigenvalue weighted by atomic mass is 10.1. The number of rotatable bonds is 5. The number of piperidine rings is 1. The van der Waals surface area contributed by atoms with E-state index in [-0.39, 0.29) is 11.8 Å². The summed E-state index contributed by atoms with van der Waals surface area (Å²) in [6, 6.07) is 2.85. The average molecular weight is 341 g/mol. The number of nitrogens with zero attached hydrogens (tertiary/aromatic N) is 1. The molecule has 6 nitrogen and oxygen atoms in total. The molecule has 2 rings (SSSR count). The number of carbonyl (C=O) groups is 2. The number of anilines is 1. The second kappa shape index (κ2) is 8.70. The molecule has 1 aliphatic heterocycles. The minimum Gasteiger partial charge on any atom is -0.392 e. The second-order valence-electron chi connectivity index (χ2n) is 5.79. The van der Waals surface area contributed by atoms with Crippen molar-refractivity contribution < 1.29 is 23.5 Å². The predicted molar refractivity (Wildman–Crippen MR) is 84.3 cm³/mol. The average Bonchev–Trinajstić information content (AvgIpc) is 2.55. The number of carbonyl (C=O) groups excluding carboxylic acids is 2. The molecule has 0 aromatic heterocycles. The van der Waals surface area contributed by atoms with Crippen molar-refractivity contribution in [2.24, 2.45) is 0 Å². The van der Waals surface area contributed by atoms with Crippen LogP contribution in [0.2, 0.25) is 0 Å². The van der Waals surface area contributed by atoms with Gasteiger partial charge in [0.2, 0.25) is 0 Å². The standard InChI is InChI=1S/C16H21F2N3O3/c17-13-5-4-11(9-14(13)18)20-16(24)15(23)19-6-2-8-21-7-1-3-12(22)10-21/h4-5,9,12,22H,1-3,6-8,10H2,(H,19,23)(H,20,24). The van der Waals surface area contributed by atoms with Gasteiger partial charge in [-0.1, -0.05) is 0 Å². The van der Waals surface area contributed by atoms with E-state index in [1.807, 2.05) is 0 Å². The Balaban J connectivity index is 1.68. The molecule has 24 heavy (non-hydrogen) atoms. The molecule has 1 fully saturated rings. The zero-order valence-corrected chi connectivity index (χ0v) is 13.2. The minimum atomic E-state index is -1.10. The van der Waals surface area contributed by atoms with Crippen molar-refractivity contribution in [3.8, 4) is 0 Å². The molecule has 0 saturated carbocycles. The predicted octanol–water partition coefficient (Wildman–Crippen LogP) is 0.866. The van der Waals surface area contributed by atoms with Gasteiger partial charge < -0.3 is 20.6 Å². The molecule has 2 amide bonds. The van der Waals surface area contributed by atoms with E-state index in [4.69, 9.17) is 0 Å². The summed E-state index contributed by atoms with van der Waals surface area (Å²) in [5.41, 5.74) is 0.0105. The third-order valence-corrected chi connectivity index (χ3v) is 3.80. The van der Waals surface area contributed by atoms with Crippen LogP contribution in [-0.2, 0) is 9.59 Å². The summed E-state index contributed by atoms with van der Waals surface area (Å²) < 4.78 is 25.8. The normalized spacial score (nSPS) is 18.2. The van der Waals surface area contributed by atoms with E-state index in [9.17, 15) is 23.5 Å². The van der Waals surface area contributed by atoms with Crippen molar-refractivity contribution in [2.75, 3.05) is 31.5 Å². The van der Waals surface area contributed by atoms with Crippen LogP contribution in [0.1, 0.15) is 19.3 Å². The highest BCUT2D eigenvalue weighted by Gasteiger charge is 2.17. The van der Waals surface area contributed by atoms with Crippen molar-refractivity contribution in [3.05, 3.63) is 29.8 Å².